The van der Waals surface area contributed by atoms with Gasteiger partial charge in [0, 0.05) is 0 Å². The first kappa shape index (κ1) is 11.6. The minimum atomic E-state index is 0.607. The van der Waals surface area contributed by atoms with E-state index in [-0.39, 0.29) is 0 Å². The molecule has 80 valence electrons. The van der Waals surface area contributed by atoms with Gasteiger partial charge in [-0.15, -0.1) is 0 Å². The highest BCUT2D eigenvalue weighted by atomic mass is 16.5. The third-order valence-electron chi connectivity index (χ3n) is 2.60. The predicted octanol–water partition coefficient (Wildman–Crippen LogP) is 3.37. The molecular weight excluding hydrogens is 186 g/mol. The highest BCUT2D eigenvalue weighted by molar-refractivity contribution is 5.36. The highest BCUT2D eigenvalue weighted by Crippen LogP contribution is 2.15. The lowest BCUT2D eigenvalue weighted by molar-refractivity contribution is 0.240. The van der Waals surface area contributed by atoms with Crippen molar-refractivity contribution in [3.8, 4) is 11.8 Å². The average molecular weight is 203 g/mol. The molecule has 0 N–H and O–H groups in total. The molecule has 0 aromatic heterocycles. The summed E-state index contributed by atoms with van der Waals surface area (Å²) < 4.78 is 5.64. The van der Waals surface area contributed by atoms with Crippen LogP contribution in [0.25, 0.3) is 0 Å². The maximum absolute atomic E-state index is 8.73. The lowest BCUT2D eigenvalue weighted by atomic mass is 10.1. The Morgan fingerprint density at radius 2 is 2.07 bits per heavy atom. The van der Waals surface area contributed by atoms with Crippen molar-refractivity contribution in [2.75, 3.05) is 6.61 Å². The highest BCUT2D eigenvalue weighted by Gasteiger charge is 2.04. The van der Waals surface area contributed by atoms with Gasteiger partial charge >= 0.3 is 0 Å². The van der Waals surface area contributed by atoms with E-state index in [9.17, 15) is 0 Å². The standard InChI is InChI=1S/C13H17NO/c1-3-11(4-2)10-15-13-7-5-6-12(8-13)9-14/h5-8,11H,3-4,10H2,1-2H3. The van der Waals surface area contributed by atoms with E-state index < -0.39 is 0 Å². The van der Waals surface area contributed by atoms with Crippen LogP contribution >= 0.6 is 0 Å². The van der Waals surface area contributed by atoms with Gasteiger partial charge in [-0.3, -0.25) is 0 Å². The van der Waals surface area contributed by atoms with Crippen LogP contribution in [0.1, 0.15) is 32.3 Å². The van der Waals surface area contributed by atoms with Crippen LogP contribution in [0.4, 0.5) is 0 Å². The summed E-state index contributed by atoms with van der Waals surface area (Å²) in [6, 6.07) is 9.40. The third-order valence-corrected chi connectivity index (χ3v) is 2.60. The minimum absolute atomic E-state index is 0.607. The molecular formula is C13H17NO. The van der Waals surface area contributed by atoms with Crippen LogP contribution < -0.4 is 4.74 Å². The molecule has 1 aromatic carbocycles. The molecule has 0 saturated carbocycles. The Morgan fingerprint density at radius 1 is 1.33 bits per heavy atom. The Labute approximate surface area is 91.5 Å². The molecule has 0 unspecified atom stereocenters. The average Bonchev–Trinajstić information content (AvgIpc) is 2.31. The molecule has 0 aliphatic rings. The largest absolute Gasteiger partial charge is 0.493 e. The maximum Gasteiger partial charge on any atom is 0.120 e. The van der Waals surface area contributed by atoms with Crippen LogP contribution in [-0.2, 0) is 0 Å². The fourth-order valence-electron chi connectivity index (χ4n) is 1.39. The molecule has 2 nitrogen and oxygen atoms in total. The number of nitrogens with zero attached hydrogens (tertiary/aromatic N) is 1. The Kier molecular flexibility index (Phi) is 4.70. The van der Waals surface area contributed by atoms with Crippen molar-refractivity contribution in [1.82, 2.24) is 0 Å². The SMILES string of the molecule is CCC(CC)COc1cccc(C#N)c1. The van der Waals surface area contributed by atoms with Crippen LogP contribution in [-0.4, -0.2) is 6.61 Å². The number of rotatable bonds is 5. The predicted molar refractivity (Wildman–Crippen MR) is 60.7 cm³/mol. The summed E-state index contributed by atoms with van der Waals surface area (Å²) in [7, 11) is 0. The zero-order chi connectivity index (χ0) is 11.1. The van der Waals surface area contributed by atoms with Crippen LogP contribution in [0.15, 0.2) is 24.3 Å². The summed E-state index contributed by atoms with van der Waals surface area (Å²) in [4.78, 5) is 0. The summed E-state index contributed by atoms with van der Waals surface area (Å²) in [5.74, 6) is 1.40. The first-order valence-electron chi connectivity index (χ1n) is 5.43. The summed E-state index contributed by atoms with van der Waals surface area (Å²) in [6.45, 7) is 5.08. The van der Waals surface area contributed by atoms with Gasteiger partial charge in [0.25, 0.3) is 0 Å². The molecule has 0 radical (unpaired) electrons. The second-order valence-corrected chi connectivity index (χ2v) is 3.63. The summed E-state index contributed by atoms with van der Waals surface area (Å²) in [6.07, 6.45) is 2.27. The molecule has 15 heavy (non-hydrogen) atoms. The lowest BCUT2D eigenvalue weighted by Gasteiger charge is -2.13. The van der Waals surface area contributed by atoms with E-state index in [0.29, 0.717) is 11.5 Å². The maximum atomic E-state index is 8.73. The van der Waals surface area contributed by atoms with Crippen LogP contribution in [0.2, 0.25) is 0 Å². The van der Waals surface area contributed by atoms with Crippen molar-refractivity contribution in [3.63, 3.8) is 0 Å². The third kappa shape index (κ3) is 3.63. The Morgan fingerprint density at radius 3 is 2.67 bits per heavy atom. The van der Waals surface area contributed by atoms with E-state index >= 15 is 0 Å². The van der Waals surface area contributed by atoms with Gasteiger partial charge < -0.3 is 4.74 Å². The first-order chi connectivity index (χ1) is 7.30. The van der Waals surface area contributed by atoms with E-state index in [2.05, 4.69) is 19.9 Å². The second-order valence-electron chi connectivity index (χ2n) is 3.63. The molecule has 0 aliphatic carbocycles. The van der Waals surface area contributed by atoms with Gasteiger partial charge in [0.1, 0.15) is 5.75 Å². The molecule has 1 aromatic rings. The molecule has 0 spiro atoms. The fraction of sp³-hybridized carbons (Fsp3) is 0.462. The molecule has 0 amide bonds. The number of ether oxygens (including phenoxy) is 1. The molecule has 0 atom stereocenters. The van der Waals surface area contributed by atoms with Crippen molar-refractivity contribution in [2.45, 2.75) is 26.7 Å². The van der Waals surface area contributed by atoms with Crippen molar-refractivity contribution >= 4 is 0 Å². The summed E-state index contributed by atoms with van der Waals surface area (Å²) in [5.41, 5.74) is 0.650. The number of hydrogen-bond donors (Lipinski definition) is 0. The topological polar surface area (TPSA) is 33.0 Å². The van der Waals surface area contributed by atoms with Gasteiger partial charge in [-0.25, -0.2) is 0 Å². The number of nitriles is 1. The normalized spacial score (nSPS) is 10.0. The zero-order valence-corrected chi connectivity index (χ0v) is 9.36. The van der Waals surface area contributed by atoms with Crippen molar-refractivity contribution in [2.24, 2.45) is 5.92 Å². The van der Waals surface area contributed by atoms with Crippen molar-refractivity contribution in [3.05, 3.63) is 29.8 Å². The first-order valence-corrected chi connectivity index (χ1v) is 5.43. The summed E-state index contributed by atoms with van der Waals surface area (Å²) in [5, 5.41) is 8.73. The Bertz CT molecular complexity index is 337. The van der Waals surface area contributed by atoms with E-state index in [1.165, 1.54) is 0 Å². The molecule has 0 fully saturated rings. The Hall–Kier alpha value is -1.49. The molecule has 1 rings (SSSR count). The van der Waals surface area contributed by atoms with Gasteiger partial charge in [0.05, 0.1) is 18.2 Å². The van der Waals surface area contributed by atoms with Crippen LogP contribution in [0.3, 0.4) is 0 Å². The van der Waals surface area contributed by atoms with Gasteiger partial charge in [0.15, 0.2) is 0 Å². The van der Waals surface area contributed by atoms with E-state index in [1.807, 2.05) is 12.1 Å². The number of hydrogen-bond acceptors (Lipinski definition) is 2. The Balaban J connectivity index is 2.54. The quantitative estimate of drug-likeness (QED) is 0.735. The molecule has 0 saturated heterocycles. The van der Waals surface area contributed by atoms with Crippen LogP contribution in [0.5, 0.6) is 5.75 Å². The van der Waals surface area contributed by atoms with Gasteiger partial charge in [-0.1, -0.05) is 32.8 Å². The van der Waals surface area contributed by atoms with Crippen LogP contribution in [0, 0.1) is 17.2 Å². The smallest absolute Gasteiger partial charge is 0.120 e. The van der Waals surface area contributed by atoms with E-state index in [4.69, 9.17) is 10.00 Å². The number of benzene rings is 1. The van der Waals surface area contributed by atoms with E-state index in [1.54, 1.807) is 12.1 Å². The van der Waals surface area contributed by atoms with Gasteiger partial charge in [0.2, 0.25) is 0 Å². The minimum Gasteiger partial charge on any atom is -0.493 e. The molecule has 0 heterocycles. The molecule has 0 aliphatic heterocycles. The molecule has 0 bridgehead atoms. The lowest BCUT2D eigenvalue weighted by Crippen LogP contribution is -2.09. The molecule has 2 heteroatoms. The van der Waals surface area contributed by atoms with Gasteiger partial charge in [-0.2, -0.15) is 5.26 Å². The fourth-order valence-corrected chi connectivity index (χ4v) is 1.39. The van der Waals surface area contributed by atoms with Crippen molar-refractivity contribution < 1.29 is 4.74 Å². The summed E-state index contributed by atoms with van der Waals surface area (Å²) >= 11 is 0. The van der Waals surface area contributed by atoms with Gasteiger partial charge in [-0.05, 0) is 24.1 Å². The van der Waals surface area contributed by atoms with E-state index in [0.717, 1.165) is 25.2 Å². The second kappa shape index (κ2) is 6.08. The monoisotopic (exact) mass is 203 g/mol. The zero-order valence-electron chi connectivity index (χ0n) is 9.36. The van der Waals surface area contributed by atoms with Crippen molar-refractivity contribution in [1.29, 1.82) is 5.26 Å².